The molecule has 1 aromatic carbocycles. The van der Waals surface area contributed by atoms with Crippen molar-refractivity contribution in [2.75, 3.05) is 31.0 Å². The third-order valence-corrected chi connectivity index (χ3v) is 4.61. The molecule has 2 rings (SSSR count). The van der Waals surface area contributed by atoms with Crippen LogP contribution in [0.25, 0.3) is 0 Å². The van der Waals surface area contributed by atoms with Crippen molar-refractivity contribution in [2.45, 2.75) is 13.8 Å². The Labute approximate surface area is 174 Å². The van der Waals surface area contributed by atoms with E-state index >= 15 is 0 Å². The van der Waals surface area contributed by atoms with Crippen molar-refractivity contribution in [1.82, 2.24) is 0 Å². The van der Waals surface area contributed by atoms with E-state index in [2.05, 4.69) is 19.2 Å². The van der Waals surface area contributed by atoms with Gasteiger partial charge in [0.05, 0.1) is 41.2 Å². The van der Waals surface area contributed by atoms with Gasteiger partial charge in [-0.1, -0.05) is 43.1 Å². The fraction of sp³-hybridized carbons (Fsp3) is 0.300. The largest absolute Gasteiger partial charge is 0.465 e. The lowest BCUT2D eigenvalue weighted by atomic mass is 10.1. The number of hydrogen-bond acceptors (Lipinski definition) is 6. The second kappa shape index (κ2) is 9.66. The van der Waals surface area contributed by atoms with Crippen LogP contribution in [-0.4, -0.2) is 32.7 Å². The lowest BCUT2D eigenvalue weighted by molar-refractivity contribution is -0.139. The molecular formula is C20H22Cl2N2O4. The van der Waals surface area contributed by atoms with Crippen LogP contribution in [0.4, 0.5) is 11.4 Å². The third-order valence-electron chi connectivity index (χ3n) is 3.89. The second-order valence-electron chi connectivity index (χ2n) is 6.37. The Morgan fingerprint density at radius 3 is 2.32 bits per heavy atom. The number of allylic oxidation sites excluding steroid dienone is 2. The van der Waals surface area contributed by atoms with Crippen LogP contribution in [0.2, 0.25) is 10.0 Å². The van der Waals surface area contributed by atoms with E-state index in [9.17, 15) is 9.59 Å². The molecule has 0 aliphatic carbocycles. The molecule has 8 heteroatoms. The number of ether oxygens (including phenoxy) is 2. The van der Waals surface area contributed by atoms with Crippen molar-refractivity contribution in [1.29, 1.82) is 0 Å². The third kappa shape index (κ3) is 4.88. The van der Waals surface area contributed by atoms with Gasteiger partial charge in [0, 0.05) is 12.7 Å². The van der Waals surface area contributed by atoms with Crippen LogP contribution in [0.3, 0.4) is 0 Å². The second-order valence-corrected chi connectivity index (χ2v) is 7.19. The molecule has 0 spiro atoms. The van der Waals surface area contributed by atoms with Crippen LogP contribution < -0.4 is 10.2 Å². The van der Waals surface area contributed by atoms with E-state index < -0.39 is 11.9 Å². The molecule has 0 atom stereocenters. The van der Waals surface area contributed by atoms with Crippen molar-refractivity contribution in [3.05, 3.63) is 57.9 Å². The lowest BCUT2D eigenvalue weighted by Crippen LogP contribution is -2.27. The van der Waals surface area contributed by atoms with Crippen LogP contribution in [0, 0.1) is 5.92 Å². The van der Waals surface area contributed by atoms with Gasteiger partial charge in [-0.2, -0.15) is 0 Å². The highest BCUT2D eigenvalue weighted by atomic mass is 35.5. The van der Waals surface area contributed by atoms with Gasteiger partial charge < -0.3 is 19.7 Å². The molecule has 0 saturated carbocycles. The molecule has 6 nitrogen and oxygen atoms in total. The molecule has 0 amide bonds. The van der Waals surface area contributed by atoms with Gasteiger partial charge >= 0.3 is 11.9 Å². The average Bonchev–Trinajstić information content (AvgIpc) is 2.90. The Morgan fingerprint density at radius 2 is 1.71 bits per heavy atom. The molecule has 1 aliphatic rings. The van der Waals surface area contributed by atoms with Gasteiger partial charge in [0.15, 0.2) is 0 Å². The van der Waals surface area contributed by atoms with Crippen LogP contribution in [0.1, 0.15) is 13.8 Å². The SMILES string of the molecule is COC(=O)C1=C(C(=O)OC)N(c2cc(Cl)c(Cl)cc2NCC(C)C)C=CC=C1. The predicted octanol–water partition coefficient (Wildman–Crippen LogP) is 4.55. The van der Waals surface area contributed by atoms with Crippen LogP contribution in [-0.2, 0) is 19.1 Å². The summed E-state index contributed by atoms with van der Waals surface area (Å²) in [7, 11) is 2.49. The van der Waals surface area contributed by atoms with Gasteiger partial charge in [-0.3, -0.25) is 0 Å². The first kappa shape index (κ1) is 21.9. The first-order valence-electron chi connectivity index (χ1n) is 8.58. The molecule has 0 radical (unpaired) electrons. The summed E-state index contributed by atoms with van der Waals surface area (Å²) >= 11 is 12.4. The number of methoxy groups -OCH3 is 2. The summed E-state index contributed by atoms with van der Waals surface area (Å²) in [6.45, 7) is 4.80. The number of carbonyl (C=O) groups excluding carboxylic acids is 2. The standard InChI is InChI=1S/C20H22Cl2N2O4/c1-12(2)11-23-16-9-14(21)15(22)10-17(16)24-8-6-5-7-13(19(25)27-3)18(24)20(26)28-4/h5-10,12,23H,11H2,1-4H3. The maximum absolute atomic E-state index is 12.6. The summed E-state index contributed by atoms with van der Waals surface area (Å²) in [4.78, 5) is 26.4. The zero-order valence-electron chi connectivity index (χ0n) is 16.1. The average molecular weight is 425 g/mol. The lowest BCUT2D eigenvalue weighted by Gasteiger charge is -2.26. The van der Waals surface area contributed by atoms with E-state index in [1.807, 2.05) is 0 Å². The highest BCUT2D eigenvalue weighted by Crippen LogP contribution is 2.38. The maximum atomic E-state index is 12.6. The van der Waals surface area contributed by atoms with Gasteiger partial charge in [-0.15, -0.1) is 0 Å². The fourth-order valence-corrected chi connectivity index (χ4v) is 2.86. The first-order valence-corrected chi connectivity index (χ1v) is 9.33. The number of rotatable bonds is 6. The maximum Gasteiger partial charge on any atom is 0.355 e. The number of hydrogen-bond donors (Lipinski definition) is 1. The Balaban J connectivity index is 2.70. The summed E-state index contributed by atoms with van der Waals surface area (Å²) < 4.78 is 9.75. The normalized spacial score (nSPS) is 13.6. The molecular weight excluding hydrogens is 403 g/mol. The minimum absolute atomic E-state index is 0.00494. The molecule has 1 heterocycles. The minimum Gasteiger partial charge on any atom is -0.465 e. The molecule has 0 unspecified atom stereocenters. The molecule has 0 aromatic heterocycles. The zero-order valence-corrected chi connectivity index (χ0v) is 17.6. The molecule has 150 valence electrons. The Kier molecular flexibility index (Phi) is 7.54. The summed E-state index contributed by atoms with van der Waals surface area (Å²) in [5, 5.41) is 3.98. The van der Waals surface area contributed by atoms with Gasteiger partial charge in [-0.25, -0.2) is 9.59 Å². The van der Waals surface area contributed by atoms with Gasteiger partial charge in [-0.05, 0) is 30.2 Å². The number of carbonyl (C=O) groups is 2. The van der Waals surface area contributed by atoms with Gasteiger partial charge in [0.2, 0.25) is 0 Å². The first-order chi connectivity index (χ1) is 13.3. The number of benzene rings is 1. The summed E-state index contributed by atoms with van der Waals surface area (Å²) in [5.41, 5.74) is 1.25. The van der Waals surface area contributed by atoms with Crippen molar-refractivity contribution in [3.8, 4) is 0 Å². The van der Waals surface area contributed by atoms with Crippen molar-refractivity contribution in [2.24, 2.45) is 5.92 Å². The van der Waals surface area contributed by atoms with E-state index in [1.165, 1.54) is 25.2 Å². The van der Waals surface area contributed by atoms with Gasteiger partial charge in [0.1, 0.15) is 5.70 Å². The molecule has 0 fully saturated rings. The van der Waals surface area contributed by atoms with Crippen LogP contribution >= 0.6 is 23.2 Å². The molecule has 0 saturated heterocycles. The Hall–Kier alpha value is -2.44. The van der Waals surface area contributed by atoms with Crippen LogP contribution in [0.5, 0.6) is 0 Å². The summed E-state index contributed by atoms with van der Waals surface area (Å²) in [5.74, 6) is -0.996. The topological polar surface area (TPSA) is 67.9 Å². The number of halogens is 2. The molecule has 1 aromatic rings. The molecule has 1 aliphatic heterocycles. The number of esters is 2. The van der Waals surface area contributed by atoms with E-state index in [0.29, 0.717) is 33.9 Å². The van der Waals surface area contributed by atoms with E-state index in [1.54, 1.807) is 30.5 Å². The van der Waals surface area contributed by atoms with E-state index in [4.69, 9.17) is 32.7 Å². The van der Waals surface area contributed by atoms with Crippen molar-refractivity contribution >= 4 is 46.5 Å². The number of anilines is 2. The Morgan fingerprint density at radius 1 is 1.07 bits per heavy atom. The highest BCUT2D eigenvalue weighted by Gasteiger charge is 2.29. The molecule has 1 N–H and O–H groups in total. The Bertz CT molecular complexity index is 860. The smallest absolute Gasteiger partial charge is 0.355 e. The summed E-state index contributed by atoms with van der Waals surface area (Å²) in [6.07, 6.45) is 6.45. The van der Waals surface area contributed by atoms with Crippen molar-refractivity contribution < 1.29 is 19.1 Å². The van der Waals surface area contributed by atoms with Gasteiger partial charge in [0.25, 0.3) is 0 Å². The number of nitrogens with one attached hydrogen (secondary N) is 1. The number of nitrogens with zero attached hydrogens (tertiary/aromatic N) is 1. The summed E-state index contributed by atoms with van der Waals surface area (Å²) in [6, 6.07) is 3.31. The van der Waals surface area contributed by atoms with Crippen molar-refractivity contribution in [3.63, 3.8) is 0 Å². The quantitative estimate of drug-likeness (QED) is 0.675. The molecule has 0 bridgehead atoms. The predicted molar refractivity (Wildman–Crippen MR) is 112 cm³/mol. The monoisotopic (exact) mass is 424 g/mol. The zero-order chi connectivity index (χ0) is 20.8. The van der Waals surface area contributed by atoms with E-state index in [0.717, 1.165) is 0 Å². The minimum atomic E-state index is -0.697. The fourth-order valence-electron chi connectivity index (χ4n) is 2.54. The highest BCUT2D eigenvalue weighted by molar-refractivity contribution is 6.42. The van der Waals surface area contributed by atoms with Crippen LogP contribution in [0.15, 0.2) is 47.8 Å². The molecule has 28 heavy (non-hydrogen) atoms. The van der Waals surface area contributed by atoms with E-state index in [-0.39, 0.29) is 11.3 Å².